The molecule has 2 N–H and O–H groups in total. The van der Waals surface area contributed by atoms with E-state index in [-0.39, 0.29) is 28.4 Å². The number of H-pyrrole nitrogens is 1. The van der Waals surface area contributed by atoms with Crippen molar-refractivity contribution < 1.29 is 4.79 Å². The van der Waals surface area contributed by atoms with Crippen LogP contribution in [0.15, 0.2) is 27.1 Å². The van der Waals surface area contributed by atoms with Gasteiger partial charge in [-0.3, -0.25) is 19.1 Å². The molecule has 0 aliphatic carbocycles. The standard InChI is InChI=1S/C19H22N4O3S/c1-5-23-16-15(18(25)22-19(23)26)12(8-13(21-16)10(2)3)17(24)20-9-14-11(4)6-7-27-14/h6-8,10H,5,9H2,1-4H3,(H,20,24)(H,22,25,26). The van der Waals surface area contributed by atoms with Crippen LogP contribution in [0.25, 0.3) is 11.0 Å². The zero-order valence-electron chi connectivity index (χ0n) is 15.8. The summed E-state index contributed by atoms with van der Waals surface area (Å²) in [6, 6.07) is 3.64. The van der Waals surface area contributed by atoms with Crippen molar-refractivity contribution in [1.82, 2.24) is 19.9 Å². The van der Waals surface area contributed by atoms with Gasteiger partial charge >= 0.3 is 5.69 Å². The first-order valence-corrected chi connectivity index (χ1v) is 9.70. The fourth-order valence-electron chi connectivity index (χ4n) is 2.90. The van der Waals surface area contributed by atoms with Crippen LogP contribution >= 0.6 is 11.3 Å². The molecule has 0 atom stereocenters. The number of pyridine rings is 1. The summed E-state index contributed by atoms with van der Waals surface area (Å²) in [6.07, 6.45) is 0. The third kappa shape index (κ3) is 3.57. The Balaban J connectivity index is 2.15. The fourth-order valence-corrected chi connectivity index (χ4v) is 3.75. The minimum Gasteiger partial charge on any atom is -0.347 e. The molecule has 0 spiro atoms. The van der Waals surface area contributed by atoms with Crippen LogP contribution in [0.1, 0.15) is 53.2 Å². The maximum absolute atomic E-state index is 12.9. The van der Waals surface area contributed by atoms with Crippen molar-refractivity contribution in [3.63, 3.8) is 0 Å². The molecule has 0 aliphatic rings. The van der Waals surface area contributed by atoms with Crippen molar-refractivity contribution in [1.29, 1.82) is 0 Å². The molecule has 0 saturated heterocycles. The van der Waals surface area contributed by atoms with Gasteiger partial charge in [0.25, 0.3) is 11.5 Å². The molecule has 0 unspecified atom stereocenters. The number of aromatic amines is 1. The molecule has 7 nitrogen and oxygen atoms in total. The van der Waals surface area contributed by atoms with Gasteiger partial charge in [-0.2, -0.15) is 0 Å². The summed E-state index contributed by atoms with van der Waals surface area (Å²) in [5.74, 6) is -0.316. The van der Waals surface area contributed by atoms with Gasteiger partial charge in [-0.05, 0) is 42.8 Å². The quantitative estimate of drug-likeness (QED) is 0.704. The van der Waals surface area contributed by atoms with Gasteiger partial charge in [0.1, 0.15) is 0 Å². The fraction of sp³-hybridized carbons (Fsp3) is 0.368. The van der Waals surface area contributed by atoms with E-state index in [1.165, 1.54) is 4.57 Å². The van der Waals surface area contributed by atoms with Crippen LogP contribution < -0.4 is 16.6 Å². The zero-order valence-corrected chi connectivity index (χ0v) is 16.6. The highest BCUT2D eigenvalue weighted by molar-refractivity contribution is 7.10. The Morgan fingerprint density at radius 1 is 1.37 bits per heavy atom. The van der Waals surface area contributed by atoms with Gasteiger partial charge in [-0.25, -0.2) is 9.78 Å². The lowest BCUT2D eigenvalue weighted by molar-refractivity contribution is 0.0952. The summed E-state index contributed by atoms with van der Waals surface area (Å²) >= 11 is 1.57. The summed E-state index contributed by atoms with van der Waals surface area (Å²) in [4.78, 5) is 45.4. The number of rotatable bonds is 5. The van der Waals surface area contributed by atoms with Gasteiger partial charge in [0.05, 0.1) is 17.5 Å². The molecule has 8 heteroatoms. The van der Waals surface area contributed by atoms with E-state index in [9.17, 15) is 14.4 Å². The largest absolute Gasteiger partial charge is 0.347 e. The Morgan fingerprint density at radius 2 is 2.11 bits per heavy atom. The average Bonchev–Trinajstić information content (AvgIpc) is 3.03. The van der Waals surface area contributed by atoms with Crippen molar-refractivity contribution >= 4 is 28.3 Å². The molecule has 0 bridgehead atoms. The second kappa shape index (κ2) is 7.48. The zero-order chi connectivity index (χ0) is 19.7. The lowest BCUT2D eigenvalue weighted by Crippen LogP contribution is -2.33. The predicted octanol–water partition coefficient (Wildman–Crippen LogP) is 2.53. The summed E-state index contributed by atoms with van der Waals surface area (Å²) in [7, 11) is 0. The minimum absolute atomic E-state index is 0.0418. The molecule has 27 heavy (non-hydrogen) atoms. The molecule has 3 heterocycles. The number of aryl methyl sites for hydroxylation is 2. The number of aromatic nitrogens is 3. The lowest BCUT2D eigenvalue weighted by Gasteiger charge is -2.14. The van der Waals surface area contributed by atoms with Crippen molar-refractivity contribution in [2.75, 3.05) is 0 Å². The van der Waals surface area contributed by atoms with Crippen molar-refractivity contribution in [2.24, 2.45) is 0 Å². The Labute approximate surface area is 160 Å². The molecular weight excluding hydrogens is 364 g/mol. The van der Waals surface area contributed by atoms with Crippen LogP contribution in [0.3, 0.4) is 0 Å². The van der Waals surface area contributed by atoms with E-state index in [2.05, 4.69) is 15.3 Å². The maximum Gasteiger partial charge on any atom is 0.329 e. The number of thiophene rings is 1. The maximum atomic E-state index is 12.9. The monoisotopic (exact) mass is 386 g/mol. The topological polar surface area (TPSA) is 96.9 Å². The highest BCUT2D eigenvalue weighted by atomic mass is 32.1. The number of carbonyl (C=O) groups is 1. The van der Waals surface area contributed by atoms with Crippen LogP contribution in [0.4, 0.5) is 0 Å². The van der Waals surface area contributed by atoms with Gasteiger partial charge in [0, 0.05) is 17.1 Å². The minimum atomic E-state index is -0.597. The van der Waals surface area contributed by atoms with Crippen molar-refractivity contribution in [2.45, 2.75) is 46.7 Å². The van der Waals surface area contributed by atoms with Crippen LogP contribution in [-0.2, 0) is 13.1 Å². The molecule has 0 radical (unpaired) electrons. The van der Waals surface area contributed by atoms with Gasteiger partial charge in [-0.1, -0.05) is 13.8 Å². The SMILES string of the molecule is CCn1c(=O)[nH]c(=O)c2c(C(=O)NCc3sccc3C)cc(C(C)C)nc21. The lowest BCUT2D eigenvalue weighted by atomic mass is 10.0. The van der Waals surface area contributed by atoms with Crippen LogP contribution in [0.5, 0.6) is 0 Å². The normalized spacial score (nSPS) is 11.3. The van der Waals surface area contributed by atoms with E-state index >= 15 is 0 Å². The van der Waals surface area contributed by atoms with Crippen LogP contribution in [-0.4, -0.2) is 20.4 Å². The van der Waals surface area contributed by atoms with Crippen molar-refractivity contribution in [3.8, 4) is 0 Å². The van der Waals surface area contributed by atoms with Gasteiger partial charge in [0.2, 0.25) is 0 Å². The van der Waals surface area contributed by atoms with Gasteiger partial charge < -0.3 is 5.32 Å². The Morgan fingerprint density at radius 3 is 2.70 bits per heavy atom. The molecule has 3 rings (SSSR count). The number of fused-ring (bicyclic) bond motifs is 1. The average molecular weight is 386 g/mol. The van der Waals surface area contributed by atoms with E-state index < -0.39 is 11.2 Å². The first-order valence-electron chi connectivity index (χ1n) is 8.82. The molecule has 1 amide bonds. The summed E-state index contributed by atoms with van der Waals surface area (Å²) in [5, 5.41) is 5.00. The summed E-state index contributed by atoms with van der Waals surface area (Å²) < 4.78 is 1.38. The smallest absolute Gasteiger partial charge is 0.329 e. The first-order chi connectivity index (χ1) is 12.8. The molecular formula is C19H22N4O3S. The van der Waals surface area contributed by atoms with E-state index in [1.807, 2.05) is 32.2 Å². The van der Waals surface area contributed by atoms with E-state index in [0.29, 0.717) is 18.8 Å². The number of hydrogen-bond donors (Lipinski definition) is 2. The van der Waals surface area contributed by atoms with Gasteiger partial charge in [0.15, 0.2) is 5.65 Å². The van der Waals surface area contributed by atoms with Crippen molar-refractivity contribution in [3.05, 3.63) is 60.0 Å². The molecule has 0 saturated carbocycles. The highest BCUT2D eigenvalue weighted by Gasteiger charge is 2.20. The third-order valence-corrected chi connectivity index (χ3v) is 5.52. The second-order valence-electron chi connectivity index (χ2n) is 6.66. The first kappa shape index (κ1) is 19.0. The Hall–Kier alpha value is -2.74. The number of nitrogens with zero attached hydrogens (tertiary/aromatic N) is 2. The highest BCUT2D eigenvalue weighted by Crippen LogP contribution is 2.20. The molecule has 0 aliphatic heterocycles. The number of carbonyl (C=O) groups excluding carboxylic acids is 1. The molecule has 3 aromatic heterocycles. The van der Waals surface area contributed by atoms with Crippen LogP contribution in [0, 0.1) is 6.92 Å². The molecule has 0 aromatic carbocycles. The molecule has 142 valence electrons. The van der Waals surface area contributed by atoms with E-state index in [0.717, 1.165) is 10.4 Å². The summed E-state index contributed by atoms with van der Waals surface area (Å²) in [6.45, 7) is 8.41. The number of amides is 1. The summed E-state index contributed by atoms with van der Waals surface area (Å²) in [5.41, 5.74) is 1.13. The molecule has 3 aromatic rings. The second-order valence-corrected chi connectivity index (χ2v) is 7.66. The van der Waals surface area contributed by atoms with E-state index in [4.69, 9.17) is 0 Å². The predicted molar refractivity (Wildman–Crippen MR) is 107 cm³/mol. The van der Waals surface area contributed by atoms with E-state index in [1.54, 1.807) is 24.3 Å². The Kier molecular flexibility index (Phi) is 5.27. The van der Waals surface area contributed by atoms with Crippen LogP contribution in [0.2, 0.25) is 0 Å². The molecule has 0 fully saturated rings. The number of hydrogen-bond acceptors (Lipinski definition) is 5. The van der Waals surface area contributed by atoms with Gasteiger partial charge in [-0.15, -0.1) is 11.3 Å². The Bertz CT molecular complexity index is 1120. The third-order valence-electron chi connectivity index (χ3n) is 4.50. The number of nitrogens with one attached hydrogen (secondary N) is 2.